The molecule has 7 nitrogen and oxygen atoms in total. The van der Waals surface area contributed by atoms with E-state index in [1.54, 1.807) is 0 Å². The Kier molecular flexibility index (Phi) is 11.4. The zero-order valence-corrected chi connectivity index (χ0v) is 23.4. The topological polar surface area (TPSA) is 69.2 Å². The van der Waals surface area contributed by atoms with E-state index < -0.39 is 11.9 Å². The molecule has 1 atom stereocenters. The lowest BCUT2D eigenvalue weighted by atomic mass is 10.0. The molecule has 0 spiro atoms. The average Bonchev–Trinajstić information content (AvgIpc) is 2.85. The van der Waals surface area contributed by atoms with Gasteiger partial charge < -0.3 is 29.4 Å². The maximum Gasteiger partial charge on any atom is 0.205 e. The summed E-state index contributed by atoms with van der Waals surface area (Å²) in [7, 11) is 6.50. The van der Waals surface area contributed by atoms with Crippen LogP contribution in [0.2, 0.25) is 0 Å². The second kappa shape index (κ2) is 14.2. The van der Waals surface area contributed by atoms with Crippen molar-refractivity contribution in [3.63, 3.8) is 0 Å². The Balaban J connectivity index is 1.15. The van der Waals surface area contributed by atoms with Crippen LogP contribution in [0.3, 0.4) is 0 Å². The van der Waals surface area contributed by atoms with E-state index in [-0.39, 0.29) is 0 Å². The van der Waals surface area contributed by atoms with E-state index in [0.717, 1.165) is 60.2 Å². The van der Waals surface area contributed by atoms with Gasteiger partial charge in [0.05, 0.1) is 53.7 Å². The van der Waals surface area contributed by atoms with Gasteiger partial charge in [-0.15, -0.1) is 0 Å². The van der Waals surface area contributed by atoms with Crippen molar-refractivity contribution in [3.8, 4) is 5.75 Å². The van der Waals surface area contributed by atoms with Gasteiger partial charge in [0.1, 0.15) is 11.4 Å². The first-order chi connectivity index (χ1) is 17.6. The van der Waals surface area contributed by atoms with Crippen molar-refractivity contribution in [3.05, 3.63) is 59.2 Å². The number of quaternary nitrogens is 1. The first-order valence-electron chi connectivity index (χ1n) is 13.5. The Morgan fingerprint density at radius 3 is 2.57 bits per heavy atom. The molecule has 0 bridgehead atoms. The van der Waals surface area contributed by atoms with Crippen LogP contribution in [0, 0.1) is 0 Å². The summed E-state index contributed by atoms with van der Waals surface area (Å²) in [4.78, 5) is 0. The third-order valence-corrected chi connectivity index (χ3v) is 6.46. The number of rotatable bonds is 16. The van der Waals surface area contributed by atoms with Crippen LogP contribution in [0.15, 0.2) is 42.5 Å². The molecule has 2 aromatic carbocycles. The summed E-state index contributed by atoms with van der Waals surface area (Å²) in [5.74, 6) is 0.229. The lowest BCUT2D eigenvalue weighted by Gasteiger charge is -2.33. The van der Waals surface area contributed by atoms with E-state index >= 15 is 0 Å². The largest absolute Gasteiger partial charge is 0.463 e. The molecule has 0 aromatic heterocycles. The monoisotopic (exact) mass is 515 g/mol. The van der Waals surface area contributed by atoms with E-state index in [2.05, 4.69) is 50.7 Å². The van der Waals surface area contributed by atoms with Crippen LogP contribution in [0.4, 0.5) is 5.69 Å². The summed E-state index contributed by atoms with van der Waals surface area (Å²) in [6.07, 6.45) is 3.89. The van der Waals surface area contributed by atoms with Gasteiger partial charge in [-0.3, -0.25) is 4.48 Å². The molecule has 0 saturated heterocycles. The van der Waals surface area contributed by atoms with Gasteiger partial charge in [-0.05, 0) is 48.7 Å². The fourth-order valence-electron chi connectivity index (χ4n) is 4.20. The van der Waals surface area contributed by atoms with Crippen LogP contribution in [0.25, 0.3) is 0 Å². The first kappa shape index (κ1) is 29.6. The van der Waals surface area contributed by atoms with Crippen molar-refractivity contribution in [2.24, 2.45) is 0 Å². The molecular weight excluding hydrogens is 468 g/mol. The zero-order valence-electron chi connectivity index (χ0n) is 23.4. The Morgan fingerprint density at radius 2 is 1.76 bits per heavy atom. The maximum atomic E-state index is 10.5. The molecule has 7 heteroatoms. The molecule has 2 N–H and O–H groups in total. The van der Waals surface area contributed by atoms with Crippen LogP contribution >= 0.6 is 0 Å². The smallest absolute Gasteiger partial charge is 0.205 e. The van der Waals surface area contributed by atoms with Crippen LogP contribution < -0.4 is 14.5 Å². The quantitative estimate of drug-likeness (QED) is 0.244. The van der Waals surface area contributed by atoms with Crippen LogP contribution in [0.1, 0.15) is 62.3 Å². The minimum atomic E-state index is -0.603. The molecule has 0 aliphatic carbocycles. The lowest BCUT2D eigenvalue weighted by molar-refractivity contribution is -0.180. The molecule has 2 aromatic rings. The molecule has 37 heavy (non-hydrogen) atoms. The zero-order chi connectivity index (χ0) is 26.7. The highest BCUT2D eigenvalue weighted by Crippen LogP contribution is 2.32. The number of hydrogen-bond acceptors (Lipinski definition) is 6. The van der Waals surface area contributed by atoms with E-state index in [4.69, 9.17) is 18.9 Å². The van der Waals surface area contributed by atoms with Crippen molar-refractivity contribution >= 4 is 5.69 Å². The van der Waals surface area contributed by atoms with Crippen molar-refractivity contribution in [1.82, 2.24) is 9.80 Å². The molecule has 1 heterocycles. The number of nitrogens with zero attached hydrogens (tertiary/aromatic N) is 1. The fraction of sp³-hybridized carbons (Fsp3) is 0.600. The molecule has 3 rings (SSSR count). The van der Waals surface area contributed by atoms with E-state index in [1.807, 2.05) is 32.0 Å². The molecule has 0 saturated carbocycles. The van der Waals surface area contributed by atoms with Gasteiger partial charge in [0.15, 0.2) is 0 Å². The fourth-order valence-corrected chi connectivity index (χ4v) is 4.20. The summed E-state index contributed by atoms with van der Waals surface area (Å²) in [6, 6.07) is 14.4. The second-order valence-electron chi connectivity index (χ2n) is 11.1. The molecule has 1 aliphatic heterocycles. The summed E-state index contributed by atoms with van der Waals surface area (Å²) < 4.78 is 23.8. The maximum absolute atomic E-state index is 10.5. The third-order valence-electron chi connectivity index (χ3n) is 6.46. The summed E-state index contributed by atoms with van der Waals surface area (Å²) >= 11 is 0. The van der Waals surface area contributed by atoms with E-state index in [1.165, 1.54) is 11.3 Å². The number of fused-ring (bicyclic) bond motifs is 1. The van der Waals surface area contributed by atoms with Gasteiger partial charge in [0.2, 0.25) is 5.79 Å². The summed E-state index contributed by atoms with van der Waals surface area (Å²) in [5.41, 5.74) is 4.34. The average molecular weight is 516 g/mol. The Labute approximate surface area is 223 Å². The second-order valence-corrected chi connectivity index (χ2v) is 11.1. The Bertz CT molecular complexity index is 957. The standard InChI is InChI=1S/C30H47N2O5/c1-30(2)36-23-26-20-25(13-14-29(26)37-30)28(33)21-31-15-8-6-7-9-16-34-17-18-35-22-24-11-10-12-27(19-24)32(3,4)5/h10-14,19-20,28,31,33H,6-9,15-18,21-23H2,1-5H3/q+1/t28-/m0/s1. The highest BCUT2D eigenvalue weighted by molar-refractivity contribution is 5.43. The number of hydrogen-bond donors (Lipinski definition) is 2. The highest BCUT2D eigenvalue weighted by atomic mass is 16.7. The lowest BCUT2D eigenvalue weighted by Crippen LogP contribution is -2.35. The third kappa shape index (κ3) is 10.3. The van der Waals surface area contributed by atoms with E-state index in [9.17, 15) is 5.11 Å². The van der Waals surface area contributed by atoms with Crippen molar-refractivity contribution in [1.29, 1.82) is 0 Å². The van der Waals surface area contributed by atoms with Crippen molar-refractivity contribution < 1.29 is 24.1 Å². The normalized spacial score (nSPS) is 15.7. The number of nitrogens with one attached hydrogen (secondary N) is 1. The van der Waals surface area contributed by atoms with Gasteiger partial charge in [0, 0.05) is 38.6 Å². The molecule has 0 radical (unpaired) electrons. The molecule has 0 amide bonds. The molecule has 206 valence electrons. The number of aliphatic hydroxyl groups excluding tert-OH is 1. The van der Waals surface area contributed by atoms with Gasteiger partial charge in [0.25, 0.3) is 0 Å². The van der Waals surface area contributed by atoms with Crippen LogP contribution in [-0.4, -0.2) is 64.9 Å². The van der Waals surface area contributed by atoms with Gasteiger partial charge in [-0.1, -0.05) is 31.0 Å². The SMILES string of the molecule is CC1(C)OCc2cc([C@@H](O)CNCCCCCCOCCOCc3cccc([N+](C)(C)C)c3)ccc2O1. The van der Waals surface area contributed by atoms with E-state index in [0.29, 0.717) is 33.0 Å². The van der Waals surface area contributed by atoms with Gasteiger partial charge in [-0.25, -0.2) is 0 Å². The Hall–Kier alpha value is -2.00. The van der Waals surface area contributed by atoms with Crippen LogP contribution in [-0.2, 0) is 27.4 Å². The number of ether oxygens (including phenoxy) is 4. The molecule has 0 unspecified atom stereocenters. The van der Waals surface area contributed by atoms with Crippen molar-refractivity contribution in [2.45, 2.75) is 64.6 Å². The minimum absolute atomic E-state index is 0.499. The molecular formula is C30H47N2O5+. The predicted molar refractivity (Wildman–Crippen MR) is 149 cm³/mol. The minimum Gasteiger partial charge on any atom is -0.463 e. The summed E-state index contributed by atoms with van der Waals surface area (Å²) in [5, 5.41) is 13.9. The highest BCUT2D eigenvalue weighted by Gasteiger charge is 2.27. The predicted octanol–water partition coefficient (Wildman–Crippen LogP) is 4.95. The first-order valence-corrected chi connectivity index (χ1v) is 13.5. The van der Waals surface area contributed by atoms with Gasteiger partial charge in [-0.2, -0.15) is 0 Å². The number of benzene rings is 2. The Morgan fingerprint density at radius 1 is 0.973 bits per heavy atom. The number of unbranched alkanes of at least 4 members (excludes halogenated alkanes) is 3. The molecule has 1 aliphatic rings. The molecule has 0 fully saturated rings. The summed E-state index contributed by atoms with van der Waals surface area (Å²) in [6.45, 7) is 8.37. The van der Waals surface area contributed by atoms with Gasteiger partial charge >= 0.3 is 0 Å². The van der Waals surface area contributed by atoms with Crippen molar-refractivity contribution in [2.75, 3.05) is 54.1 Å². The number of aliphatic hydroxyl groups is 1. The van der Waals surface area contributed by atoms with Crippen LogP contribution in [0.5, 0.6) is 5.75 Å².